The third-order valence-electron chi connectivity index (χ3n) is 3.31. The fourth-order valence-corrected chi connectivity index (χ4v) is 2.18. The average Bonchev–Trinajstić information content (AvgIpc) is 2.54. The molecule has 0 atom stereocenters. The Morgan fingerprint density at radius 1 is 1.18 bits per heavy atom. The largest absolute Gasteiger partial charge is 0.497 e. The summed E-state index contributed by atoms with van der Waals surface area (Å²) in [6.45, 7) is 0. The standard InChI is InChI=1S/C17H11FO4/c1-21-12-5-6-15-13(8-12)17(20)14(9-22-15)16(19)10-3-2-4-11(18)7-10/h2-9H,1H3. The van der Waals surface area contributed by atoms with Crippen LogP contribution in [0, 0.1) is 5.82 Å². The number of ether oxygens (including phenoxy) is 1. The predicted molar refractivity (Wildman–Crippen MR) is 78.9 cm³/mol. The summed E-state index contributed by atoms with van der Waals surface area (Å²) in [5.41, 5.74) is -0.183. The van der Waals surface area contributed by atoms with E-state index < -0.39 is 17.0 Å². The summed E-state index contributed by atoms with van der Waals surface area (Å²) in [6, 6.07) is 9.91. The van der Waals surface area contributed by atoms with Crippen molar-refractivity contribution in [3.05, 3.63) is 75.9 Å². The van der Waals surface area contributed by atoms with E-state index in [2.05, 4.69) is 0 Å². The van der Waals surface area contributed by atoms with Crippen LogP contribution in [0.2, 0.25) is 0 Å². The van der Waals surface area contributed by atoms with Gasteiger partial charge in [0.25, 0.3) is 0 Å². The van der Waals surface area contributed by atoms with Crippen molar-refractivity contribution in [2.24, 2.45) is 0 Å². The van der Waals surface area contributed by atoms with Crippen LogP contribution in [0.4, 0.5) is 4.39 Å². The van der Waals surface area contributed by atoms with E-state index in [0.717, 1.165) is 12.3 Å². The number of rotatable bonds is 3. The summed E-state index contributed by atoms with van der Waals surface area (Å²) in [7, 11) is 1.48. The molecule has 3 aromatic rings. The third kappa shape index (κ3) is 2.37. The Labute approximate surface area is 124 Å². The van der Waals surface area contributed by atoms with Crippen molar-refractivity contribution < 1.29 is 18.3 Å². The molecule has 5 heteroatoms. The van der Waals surface area contributed by atoms with Crippen LogP contribution in [0.25, 0.3) is 11.0 Å². The summed E-state index contributed by atoms with van der Waals surface area (Å²) in [5, 5.41) is 0.238. The Morgan fingerprint density at radius 3 is 2.73 bits per heavy atom. The molecule has 0 spiro atoms. The maximum absolute atomic E-state index is 13.2. The fraction of sp³-hybridized carbons (Fsp3) is 0.0588. The van der Waals surface area contributed by atoms with Gasteiger partial charge < -0.3 is 9.15 Å². The molecule has 0 radical (unpaired) electrons. The first-order chi connectivity index (χ1) is 10.6. The average molecular weight is 298 g/mol. The van der Waals surface area contributed by atoms with Crippen LogP contribution in [0.1, 0.15) is 15.9 Å². The zero-order valence-electron chi connectivity index (χ0n) is 11.6. The minimum Gasteiger partial charge on any atom is -0.497 e. The van der Waals surface area contributed by atoms with E-state index in [9.17, 15) is 14.0 Å². The molecule has 0 N–H and O–H groups in total. The molecule has 110 valence electrons. The maximum atomic E-state index is 13.2. The van der Waals surface area contributed by atoms with Crippen LogP contribution < -0.4 is 10.2 Å². The molecular formula is C17H11FO4. The molecule has 0 saturated carbocycles. The highest BCUT2D eigenvalue weighted by Crippen LogP contribution is 2.19. The summed E-state index contributed by atoms with van der Waals surface area (Å²) in [5.74, 6) is -0.647. The van der Waals surface area contributed by atoms with Crippen molar-refractivity contribution in [3.8, 4) is 5.75 Å². The van der Waals surface area contributed by atoms with Gasteiger partial charge in [0, 0.05) is 5.56 Å². The quantitative estimate of drug-likeness (QED) is 0.697. The number of carbonyl (C=O) groups is 1. The van der Waals surface area contributed by atoms with Gasteiger partial charge in [-0.2, -0.15) is 0 Å². The van der Waals surface area contributed by atoms with Gasteiger partial charge in [0.15, 0.2) is 5.78 Å². The van der Waals surface area contributed by atoms with E-state index in [1.165, 1.54) is 31.4 Å². The molecule has 0 saturated heterocycles. The Balaban J connectivity index is 2.17. The van der Waals surface area contributed by atoms with E-state index in [4.69, 9.17) is 9.15 Å². The zero-order chi connectivity index (χ0) is 15.7. The maximum Gasteiger partial charge on any atom is 0.204 e. The first-order valence-corrected chi connectivity index (χ1v) is 6.50. The smallest absolute Gasteiger partial charge is 0.204 e. The monoisotopic (exact) mass is 298 g/mol. The summed E-state index contributed by atoms with van der Waals surface area (Å²) >= 11 is 0. The van der Waals surface area contributed by atoms with Gasteiger partial charge in [-0.25, -0.2) is 4.39 Å². The number of hydrogen-bond donors (Lipinski definition) is 0. The molecular weight excluding hydrogens is 287 g/mol. The molecule has 0 aliphatic carbocycles. The molecule has 0 unspecified atom stereocenters. The van der Waals surface area contributed by atoms with Gasteiger partial charge in [-0.3, -0.25) is 9.59 Å². The lowest BCUT2D eigenvalue weighted by Gasteiger charge is -2.04. The highest BCUT2D eigenvalue weighted by Gasteiger charge is 2.17. The van der Waals surface area contributed by atoms with Crippen LogP contribution in [0.5, 0.6) is 5.75 Å². The second-order valence-electron chi connectivity index (χ2n) is 4.68. The summed E-state index contributed by atoms with van der Waals surface area (Å²) in [6.07, 6.45) is 1.10. The molecule has 0 amide bonds. The van der Waals surface area contributed by atoms with Crippen molar-refractivity contribution in [3.63, 3.8) is 0 Å². The minimum absolute atomic E-state index is 0.0922. The third-order valence-corrected chi connectivity index (χ3v) is 3.31. The minimum atomic E-state index is -0.585. The molecule has 0 bridgehead atoms. The first kappa shape index (κ1) is 14.0. The predicted octanol–water partition coefficient (Wildman–Crippen LogP) is 3.17. The van der Waals surface area contributed by atoms with Crippen molar-refractivity contribution in [2.75, 3.05) is 7.11 Å². The van der Waals surface area contributed by atoms with Gasteiger partial charge in [0.05, 0.1) is 12.5 Å². The lowest BCUT2D eigenvalue weighted by Crippen LogP contribution is -2.15. The Bertz CT molecular complexity index is 927. The molecule has 0 aliphatic heterocycles. The van der Waals surface area contributed by atoms with E-state index >= 15 is 0 Å². The molecule has 4 nitrogen and oxygen atoms in total. The Hall–Kier alpha value is -2.95. The highest BCUT2D eigenvalue weighted by atomic mass is 19.1. The molecule has 22 heavy (non-hydrogen) atoms. The summed E-state index contributed by atoms with van der Waals surface area (Å²) < 4.78 is 23.6. The lowest BCUT2D eigenvalue weighted by atomic mass is 10.0. The second kappa shape index (κ2) is 5.44. The number of benzene rings is 2. The van der Waals surface area contributed by atoms with Gasteiger partial charge in [-0.1, -0.05) is 12.1 Å². The van der Waals surface area contributed by atoms with Crippen molar-refractivity contribution in [1.82, 2.24) is 0 Å². The number of fused-ring (bicyclic) bond motifs is 1. The normalized spacial score (nSPS) is 10.6. The van der Waals surface area contributed by atoms with Gasteiger partial charge in [-0.05, 0) is 30.3 Å². The molecule has 2 aromatic carbocycles. The molecule has 0 fully saturated rings. The zero-order valence-corrected chi connectivity index (χ0v) is 11.6. The number of ketones is 1. The van der Waals surface area contributed by atoms with Crippen LogP contribution >= 0.6 is 0 Å². The van der Waals surface area contributed by atoms with E-state index in [1.807, 2.05) is 0 Å². The van der Waals surface area contributed by atoms with Crippen LogP contribution in [0.3, 0.4) is 0 Å². The molecule has 3 rings (SSSR count). The van der Waals surface area contributed by atoms with Crippen molar-refractivity contribution >= 4 is 16.8 Å². The van der Waals surface area contributed by atoms with Gasteiger partial charge in [-0.15, -0.1) is 0 Å². The van der Waals surface area contributed by atoms with E-state index in [-0.39, 0.29) is 16.5 Å². The fourth-order valence-electron chi connectivity index (χ4n) is 2.18. The van der Waals surface area contributed by atoms with Crippen LogP contribution in [-0.4, -0.2) is 12.9 Å². The topological polar surface area (TPSA) is 56.5 Å². The van der Waals surface area contributed by atoms with Gasteiger partial charge >= 0.3 is 0 Å². The molecule has 1 aromatic heterocycles. The number of carbonyl (C=O) groups excluding carboxylic acids is 1. The molecule has 0 aliphatic rings. The van der Waals surface area contributed by atoms with Crippen LogP contribution in [-0.2, 0) is 0 Å². The lowest BCUT2D eigenvalue weighted by molar-refractivity contribution is 0.103. The number of hydrogen-bond acceptors (Lipinski definition) is 4. The number of halogens is 1. The Morgan fingerprint density at radius 2 is 2.00 bits per heavy atom. The Kier molecular flexibility index (Phi) is 3.47. The van der Waals surface area contributed by atoms with Gasteiger partial charge in [0.1, 0.15) is 29.0 Å². The van der Waals surface area contributed by atoms with E-state index in [0.29, 0.717) is 11.3 Å². The van der Waals surface area contributed by atoms with E-state index in [1.54, 1.807) is 12.1 Å². The number of methoxy groups -OCH3 is 1. The van der Waals surface area contributed by atoms with Crippen molar-refractivity contribution in [2.45, 2.75) is 0 Å². The first-order valence-electron chi connectivity index (χ1n) is 6.50. The van der Waals surface area contributed by atoms with Crippen molar-refractivity contribution in [1.29, 1.82) is 0 Å². The summed E-state index contributed by atoms with van der Waals surface area (Å²) in [4.78, 5) is 24.8. The van der Waals surface area contributed by atoms with Gasteiger partial charge in [0.2, 0.25) is 5.43 Å². The SMILES string of the molecule is COc1ccc2occ(C(=O)c3cccc(F)c3)c(=O)c2c1. The highest BCUT2D eigenvalue weighted by molar-refractivity contribution is 6.09. The van der Waals surface area contributed by atoms with Crippen LogP contribution in [0.15, 0.2) is 57.9 Å². The second-order valence-corrected chi connectivity index (χ2v) is 4.68. The molecule has 1 heterocycles.